The van der Waals surface area contributed by atoms with Gasteiger partial charge in [0.15, 0.2) is 0 Å². The largest absolute Gasteiger partial charge is 0.506 e. The number of nitrogens with one attached hydrogen (secondary N) is 1. The Balaban J connectivity index is 3.20. The number of aliphatic hydroxyl groups is 1. The maximum Gasteiger partial charge on any atom is 0.323 e. The van der Waals surface area contributed by atoms with E-state index in [1.54, 1.807) is 27.7 Å². The molecule has 2 atom stereocenters. The zero-order valence-corrected chi connectivity index (χ0v) is 11.5. The number of aromatic hydroxyl groups is 1. The van der Waals surface area contributed by atoms with Gasteiger partial charge >= 0.3 is 5.97 Å². The van der Waals surface area contributed by atoms with Gasteiger partial charge < -0.3 is 15.3 Å². The summed E-state index contributed by atoms with van der Waals surface area (Å²) in [4.78, 5) is 15.2. The summed E-state index contributed by atoms with van der Waals surface area (Å²) >= 11 is 0. The zero-order valence-electron chi connectivity index (χ0n) is 11.5. The number of aliphatic hydroxyl groups excluding tert-OH is 1. The van der Waals surface area contributed by atoms with E-state index in [2.05, 4.69) is 10.3 Å². The number of hydrogen-bond acceptors (Lipinski definition) is 5. The first-order chi connectivity index (χ1) is 8.75. The number of rotatable bonds is 5. The molecule has 0 saturated heterocycles. The highest BCUT2D eigenvalue weighted by atomic mass is 16.4. The Morgan fingerprint density at radius 3 is 2.42 bits per heavy atom. The Morgan fingerprint density at radius 2 is 1.95 bits per heavy atom. The van der Waals surface area contributed by atoms with E-state index in [0.717, 1.165) is 0 Å². The van der Waals surface area contributed by atoms with Crippen LogP contribution in [-0.4, -0.2) is 38.4 Å². The fourth-order valence-corrected chi connectivity index (χ4v) is 1.90. The van der Waals surface area contributed by atoms with E-state index in [-0.39, 0.29) is 17.4 Å². The number of carboxylic acid groups (broad SMARTS) is 1. The van der Waals surface area contributed by atoms with Crippen molar-refractivity contribution in [1.29, 1.82) is 0 Å². The molecule has 1 aromatic rings. The second-order valence-corrected chi connectivity index (χ2v) is 4.87. The number of aryl methyl sites for hydroxylation is 2. The molecule has 6 heteroatoms. The minimum Gasteiger partial charge on any atom is -0.506 e. The fraction of sp³-hybridized carbons (Fsp3) is 0.538. The van der Waals surface area contributed by atoms with E-state index < -0.39 is 18.1 Å². The molecule has 0 saturated carbocycles. The van der Waals surface area contributed by atoms with Crippen LogP contribution in [0.5, 0.6) is 5.75 Å². The van der Waals surface area contributed by atoms with Gasteiger partial charge in [0.05, 0.1) is 5.69 Å². The smallest absolute Gasteiger partial charge is 0.323 e. The third-order valence-electron chi connectivity index (χ3n) is 2.86. The summed E-state index contributed by atoms with van der Waals surface area (Å²) in [5.41, 5.74) is 1.11. The quantitative estimate of drug-likeness (QED) is 0.632. The van der Waals surface area contributed by atoms with Gasteiger partial charge in [-0.3, -0.25) is 15.1 Å². The minimum atomic E-state index is -1.35. The molecule has 0 amide bonds. The molecule has 0 bridgehead atoms. The van der Waals surface area contributed by atoms with E-state index >= 15 is 0 Å². The van der Waals surface area contributed by atoms with Crippen LogP contribution in [0.15, 0.2) is 6.20 Å². The molecule has 19 heavy (non-hydrogen) atoms. The molecule has 0 aliphatic heterocycles. The summed E-state index contributed by atoms with van der Waals surface area (Å²) in [5.74, 6) is -1.33. The first kappa shape index (κ1) is 15.4. The van der Waals surface area contributed by atoms with Gasteiger partial charge in [-0.2, -0.15) is 0 Å². The first-order valence-corrected chi connectivity index (χ1v) is 6.07. The van der Waals surface area contributed by atoms with Crippen LogP contribution in [0.2, 0.25) is 0 Å². The predicted octanol–water partition coefficient (Wildman–Crippen LogP) is 0.889. The van der Waals surface area contributed by atoms with Crippen molar-refractivity contribution in [3.8, 4) is 5.75 Å². The van der Waals surface area contributed by atoms with Gasteiger partial charge in [0, 0.05) is 17.8 Å². The van der Waals surface area contributed by atoms with Crippen molar-refractivity contribution in [3.05, 3.63) is 23.0 Å². The first-order valence-electron chi connectivity index (χ1n) is 6.07. The molecule has 0 aliphatic rings. The van der Waals surface area contributed by atoms with Crippen molar-refractivity contribution < 1.29 is 20.1 Å². The third kappa shape index (κ3) is 3.42. The van der Waals surface area contributed by atoms with Crippen molar-refractivity contribution in [2.45, 2.75) is 45.9 Å². The molecule has 4 N–H and O–H groups in total. The normalized spacial score (nSPS) is 14.4. The van der Waals surface area contributed by atoms with Crippen LogP contribution >= 0.6 is 0 Å². The minimum absolute atomic E-state index is 0.110. The lowest BCUT2D eigenvalue weighted by Crippen LogP contribution is -2.45. The molecule has 6 nitrogen and oxygen atoms in total. The standard InChI is InChI=1S/C13H20N2O4/c1-6(2)15-10(13(18)19)12(17)9-7(3)5-14-8(4)11(9)16/h5-6,10,12,15-17H,1-4H3,(H,18,19). The Bertz CT molecular complexity index is 474. The highest BCUT2D eigenvalue weighted by molar-refractivity contribution is 5.75. The molecule has 2 unspecified atom stereocenters. The number of carboxylic acids is 1. The highest BCUT2D eigenvalue weighted by Crippen LogP contribution is 2.31. The Kier molecular flexibility index (Phi) is 4.85. The lowest BCUT2D eigenvalue weighted by molar-refractivity contribution is -0.143. The average Bonchev–Trinajstić information content (AvgIpc) is 2.30. The van der Waals surface area contributed by atoms with Crippen molar-refractivity contribution in [2.75, 3.05) is 0 Å². The molecule has 0 fully saturated rings. The SMILES string of the molecule is Cc1cnc(C)c(O)c1C(O)C(NC(C)C)C(=O)O. The molecule has 0 aliphatic carbocycles. The summed E-state index contributed by atoms with van der Waals surface area (Å²) < 4.78 is 0. The molecular formula is C13H20N2O4. The van der Waals surface area contributed by atoms with Crippen molar-refractivity contribution in [3.63, 3.8) is 0 Å². The summed E-state index contributed by atoms with van der Waals surface area (Å²) in [7, 11) is 0. The molecule has 106 valence electrons. The number of carbonyl (C=O) groups is 1. The number of nitrogens with zero attached hydrogens (tertiary/aromatic N) is 1. The van der Waals surface area contributed by atoms with Gasteiger partial charge in [-0.1, -0.05) is 13.8 Å². The lowest BCUT2D eigenvalue weighted by atomic mass is 9.97. The van der Waals surface area contributed by atoms with Crippen molar-refractivity contribution >= 4 is 5.97 Å². The van der Waals surface area contributed by atoms with Crippen LogP contribution in [0.3, 0.4) is 0 Å². The second-order valence-electron chi connectivity index (χ2n) is 4.87. The topological polar surface area (TPSA) is 103 Å². The maximum atomic E-state index is 11.2. The summed E-state index contributed by atoms with van der Waals surface area (Å²) in [6.45, 7) is 6.83. The number of aliphatic carboxylic acids is 1. The molecule has 1 rings (SSSR count). The Hall–Kier alpha value is -1.66. The summed E-state index contributed by atoms with van der Waals surface area (Å²) in [6, 6.07) is -1.30. The van der Waals surface area contributed by atoms with E-state index in [9.17, 15) is 20.1 Å². The Morgan fingerprint density at radius 1 is 1.37 bits per heavy atom. The zero-order chi connectivity index (χ0) is 14.7. The maximum absolute atomic E-state index is 11.2. The molecule has 1 heterocycles. The van der Waals surface area contributed by atoms with Crippen LogP contribution in [0.25, 0.3) is 0 Å². The number of aromatic nitrogens is 1. The van der Waals surface area contributed by atoms with Crippen LogP contribution in [0.1, 0.15) is 36.8 Å². The molecule has 0 spiro atoms. The average molecular weight is 268 g/mol. The van der Waals surface area contributed by atoms with Gasteiger partial charge in [0.2, 0.25) is 0 Å². The van der Waals surface area contributed by atoms with E-state index in [4.69, 9.17) is 0 Å². The molecule has 0 radical (unpaired) electrons. The molecular weight excluding hydrogens is 248 g/mol. The number of hydrogen-bond donors (Lipinski definition) is 4. The van der Waals surface area contributed by atoms with E-state index in [1.165, 1.54) is 6.20 Å². The van der Waals surface area contributed by atoms with Crippen LogP contribution in [0.4, 0.5) is 0 Å². The Labute approximate surface area is 112 Å². The monoisotopic (exact) mass is 268 g/mol. The van der Waals surface area contributed by atoms with Gasteiger partial charge in [-0.05, 0) is 19.4 Å². The third-order valence-corrected chi connectivity index (χ3v) is 2.86. The second kappa shape index (κ2) is 5.99. The van der Waals surface area contributed by atoms with Gasteiger partial charge in [0.1, 0.15) is 17.9 Å². The van der Waals surface area contributed by atoms with Gasteiger partial charge in [-0.25, -0.2) is 0 Å². The van der Waals surface area contributed by atoms with E-state index in [1.807, 2.05) is 0 Å². The predicted molar refractivity (Wildman–Crippen MR) is 70.0 cm³/mol. The fourth-order valence-electron chi connectivity index (χ4n) is 1.90. The molecule has 1 aromatic heterocycles. The number of pyridine rings is 1. The van der Waals surface area contributed by atoms with Crippen molar-refractivity contribution in [2.24, 2.45) is 0 Å². The lowest BCUT2D eigenvalue weighted by Gasteiger charge is -2.24. The van der Waals surface area contributed by atoms with E-state index in [0.29, 0.717) is 11.3 Å². The summed E-state index contributed by atoms with van der Waals surface area (Å²) in [6.07, 6.45) is 0.156. The molecule has 0 aromatic carbocycles. The summed E-state index contributed by atoms with van der Waals surface area (Å²) in [5, 5.41) is 32.2. The highest BCUT2D eigenvalue weighted by Gasteiger charge is 2.31. The van der Waals surface area contributed by atoms with Crippen LogP contribution < -0.4 is 5.32 Å². The van der Waals surface area contributed by atoms with Gasteiger partial charge in [0.25, 0.3) is 0 Å². The van der Waals surface area contributed by atoms with Crippen LogP contribution in [-0.2, 0) is 4.79 Å². The van der Waals surface area contributed by atoms with Crippen LogP contribution in [0, 0.1) is 13.8 Å². The van der Waals surface area contributed by atoms with Crippen molar-refractivity contribution in [1.82, 2.24) is 10.3 Å². The van der Waals surface area contributed by atoms with Gasteiger partial charge in [-0.15, -0.1) is 0 Å².